The lowest BCUT2D eigenvalue weighted by Crippen LogP contribution is -2.21. The molecule has 1 aliphatic carbocycles. The van der Waals surface area contributed by atoms with Gasteiger partial charge in [-0.25, -0.2) is 13.6 Å². The third-order valence-electron chi connectivity index (χ3n) is 4.61. The standard InChI is InChI=1S/C19H22F2N4O4S/c1-3-6-29-19(28)14-9(2)15(17(22)27)30-18(14)23-13(26)8-25-12(10-4-5-10)7-11(24-25)16(20)21/h7,10,16H,3-6,8H2,1-2H3,(H2,22,27)(H,23,26). The van der Waals surface area contributed by atoms with E-state index in [1.165, 1.54) is 10.7 Å². The highest BCUT2D eigenvalue weighted by molar-refractivity contribution is 7.18. The molecule has 2 aromatic rings. The molecule has 3 N–H and O–H groups in total. The van der Waals surface area contributed by atoms with Gasteiger partial charge >= 0.3 is 5.97 Å². The minimum absolute atomic E-state index is 0.0618. The van der Waals surface area contributed by atoms with Gasteiger partial charge in [0.15, 0.2) is 0 Å². The van der Waals surface area contributed by atoms with Crippen molar-refractivity contribution in [1.29, 1.82) is 0 Å². The van der Waals surface area contributed by atoms with Gasteiger partial charge in [-0.05, 0) is 37.8 Å². The van der Waals surface area contributed by atoms with Gasteiger partial charge in [-0.15, -0.1) is 11.3 Å². The molecule has 0 spiro atoms. The summed E-state index contributed by atoms with van der Waals surface area (Å²) in [7, 11) is 0. The first kappa shape index (κ1) is 21.9. The number of rotatable bonds is 9. The summed E-state index contributed by atoms with van der Waals surface area (Å²) < 4.78 is 32.5. The number of halogens is 2. The van der Waals surface area contributed by atoms with Crippen LogP contribution in [-0.4, -0.2) is 34.2 Å². The van der Waals surface area contributed by atoms with Crippen LogP contribution in [0.25, 0.3) is 0 Å². The molecule has 0 saturated heterocycles. The highest BCUT2D eigenvalue weighted by Gasteiger charge is 2.31. The molecule has 0 unspecified atom stereocenters. The Bertz CT molecular complexity index is 982. The summed E-state index contributed by atoms with van der Waals surface area (Å²) >= 11 is 0.871. The van der Waals surface area contributed by atoms with Crippen molar-refractivity contribution < 1.29 is 27.9 Å². The zero-order valence-electron chi connectivity index (χ0n) is 16.5. The summed E-state index contributed by atoms with van der Waals surface area (Å²) in [6.45, 7) is 3.26. The van der Waals surface area contributed by atoms with Gasteiger partial charge < -0.3 is 15.8 Å². The number of alkyl halides is 2. The van der Waals surface area contributed by atoms with Crippen molar-refractivity contribution in [3.8, 4) is 0 Å². The van der Waals surface area contributed by atoms with Gasteiger partial charge in [0.05, 0.1) is 17.0 Å². The van der Waals surface area contributed by atoms with Gasteiger partial charge in [-0.3, -0.25) is 14.3 Å². The molecule has 2 aromatic heterocycles. The van der Waals surface area contributed by atoms with Crippen LogP contribution in [0.2, 0.25) is 0 Å². The topological polar surface area (TPSA) is 116 Å². The SMILES string of the molecule is CCCOC(=O)c1c(NC(=O)Cn2nc(C(F)F)cc2C2CC2)sc(C(N)=O)c1C. The smallest absolute Gasteiger partial charge is 0.341 e. The van der Waals surface area contributed by atoms with E-state index in [9.17, 15) is 23.2 Å². The van der Waals surface area contributed by atoms with Crippen molar-refractivity contribution in [2.45, 2.75) is 52.0 Å². The number of nitrogens with zero attached hydrogens (tertiary/aromatic N) is 2. The molecule has 1 fully saturated rings. The number of amides is 2. The van der Waals surface area contributed by atoms with Gasteiger partial charge in [0.2, 0.25) is 5.91 Å². The van der Waals surface area contributed by atoms with Crippen LogP contribution >= 0.6 is 11.3 Å². The molecule has 8 nitrogen and oxygen atoms in total. The maximum Gasteiger partial charge on any atom is 0.341 e. The van der Waals surface area contributed by atoms with E-state index in [0.29, 0.717) is 17.7 Å². The fourth-order valence-electron chi connectivity index (χ4n) is 3.04. The number of esters is 1. The van der Waals surface area contributed by atoms with E-state index < -0.39 is 24.2 Å². The van der Waals surface area contributed by atoms with Crippen molar-refractivity contribution in [1.82, 2.24) is 9.78 Å². The van der Waals surface area contributed by atoms with Crippen molar-refractivity contribution in [2.75, 3.05) is 11.9 Å². The van der Waals surface area contributed by atoms with Gasteiger partial charge in [-0.2, -0.15) is 5.10 Å². The predicted octanol–water partition coefficient (Wildman–Crippen LogP) is 3.37. The van der Waals surface area contributed by atoms with Crippen LogP contribution in [0, 0.1) is 6.92 Å². The van der Waals surface area contributed by atoms with Gasteiger partial charge in [0.1, 0.15) is 17.2 Å². The Hall–Kier alpha value is -2.82. The Balaban J connectivity index is 1.83. The first-order valence-corrected chi connectivity index (χ1v) is 10.3. The highest BCUT2D eigenvalue weighted by atomic mass is 32.1. The number of ether oxygens (including phenoxy) is 1. The lowest BCUT2D eigenvalue weighted by Gasteiger charge is -2.09. The largest absolute Gasteiger partial charge is 0.462 e. The third kappa shape index (κ3) is 4.66. The Labute approximate surface area is 175 Å². The first-order chi connectivity index (χ1) is 14.2. The molecular weight excluding hydrogens is 418 g/mol. The predicted molar refractivity (Wildman–Crippen MR) is 106 cm³/mol. The van der Waals surface area contributed by atoms with Crippen LogP contribution < -0.4 is 11.1 Å². The van der Waals surface area contributed by atoms with Crippen LogP contribution in [0.4, 0.5) is 13.8 Å². The summed E-state index contributed by atoms with van der Waals surface area (Å²) in [5, 5.41) is 6.55. The van der Waals surface area contributed by atoms with Gasteiger partial charge in [-0.1, -0.05) is 6.92 Å². The third-order valence-corrected chi connectivity index (χ3v) is 5.83. The van der Waals surface area contributed by atoms with E-state index in [-0.39, 0.29) is 40.2 Å². The van der Waals surface area contributed by atoms with E-state index in [4.69, 9.17) is 10.5 Å². The van der Waals surface area contributed by atoms with Gasteiger partial charge in [0.25, 0.3) is 12.3 Å². The zero-order valence-corrected chi connectivity index (χ0v) is 17.4. The van der Waals surface area contributed by atoms with Crippen LogP contribution in [0.5, 0.6) is 0 Å². The molecule has 3 rings (SSSR count). The van der Waals surface area contributed by atoms with Crippen molar-refractivity contribution in [2.24, 2.45) is 5.73 Å². The van der Waals surface area contributed by atoms with Crippen molar-refractivity contribution >= 4 is 34.1 Å². The fraction of sp³-hybridized carbons (Fsp3) is 0.474. The number of carbonyl (C=O) groups is 3. The minimum Gasteiger partial charge on any atom is -0.462 e. The molecule has 1 aliphatic rings. The summed E-state index contributed by atoms with van der Waals surface area (Å²) in [6, 6.07) is 1.32. The van der Waals surface area contributed by atoms with Crippen molar-refractivity contribution in [3.05, 3.63) is 33.5 Å². The summed E-state index contributed by atoms with van der Waals surface area (Å²) in [5.74, 6) is -1.86. The quantitative estimate of drug-likeness (QED) is 0.580. The molecule has 2 heterocycles. The Morgan fingerprint density at radius 3 is 2.67 bits per heavy atom. The summed E-state index contributed by atoms with van der Waals surface area (Å²) in [6.07, 6.45) is -0.412. The molecule has 30 heavy (non-hydrogen) atoms. The number of aromatic nitrogens is 2. The second-order valence-corrected chi connectivity index (χ2v) is 8.06. The van der Waals surface area contributed by atoms with Crippen LogP contribution in [0.3, 0.4) is 0 Å². The van der Waals surface area contributed by atoms with E-state index >= 15 is 0 Å². The van der Waals surface area contributed by atoms with E-state index in [2.05, 4.69) is 10.4 Å². The van der Waals surface area contributed by atoms with E-state index in [1.807, 2.05) is 6.92 Å². The number of primary amides is 1. The Kier molecular flexibility index (Phi) is 6.49. The van der Waals surface area contributed by atoms with E-state index in [1.54, 1.807) is 6.92 Å². The maximum atomic E-state index is 13.0. The average molecular weight is 440 g/mol. The van der Waals surface area contributed by atoms with Gasteiger partial charge in [0, 0.05) is 11.6 Å². The number of hydrogen-bond donors (Lipinski definition) is 2. The minimum atomic E-state index is -2.73. The van der Waals surface area contributed by atoms with E-state index in [0.717, 1.165) is 24.2 Å². The number of nitrogens with two attached hydrogens (primary N) is 1. The fourth-order valence-corrected chi connectivity index (χ4v) is 4.11. The lowest BCUT2D eigenvalue weighted by molar-refractivity contribution is -0.116. The second kappa shape index (κ2) is 8.90. The molecule has 0 atom stereocenters. The number of nitrogens with one attached hydrogen (secondary N) is 1. The average Bonchev–Trinajstić information content (AvgIpc) is 3.35. The van der Waals surface area contributed by atoms with Crippen LogP contribution in [0.1, 0.15) is 75.5 Å². The maximum absolute atomic E-state index is 13.0. The van der Waals surface area contributed by atoms with Crippen LogP contribution in [-0.2, 0) is 16.1 Å². The summed E-state index contributed by atoms with van der Waals surface area (Å²) in [5.41, 5.74) is 5.96. The second-order valence-electron chi connectivity index (χ2n) is 7.04. The molecule has 0 radical (unpaired) electrons. The molecule has 0 bridgehead atoms. The van der Waals surface area contributed by atoms with Crippen molar-refractivity contribution in [3.63, 3.8) is 0 Å². The monoisotopic (exact) mass is 440 g/mol. The number of carbonyl (C=O) groups excluding carboxylic acids is 3. The summed E-state index contributed by atoms with van der Waals surface area (Å²) in [4.78, 5) is 36.9. The lowest BCUT2D eigenvalue weighted by atomic mass is 10.1. The molecule has 2 amide bonds. The molecule has 0 aliphatic heterocycles. The molecule has 11 heteroatoms. The number of hydrogen-bond acceptors (Lipinski definition) is 6. The number of thiophene rings is 1. The zero-order chi connectivity index (χ0) is 22.0. The molecule has 162 valence electrons. The highest BCUT2D eigenvalue weighted by Crippen LogP contribution is 2.41. The normalized spacial score (nSPS) is 13.5. The first-order valence-electron chi connectivity index (χ1n) is 9.48. The molecular formula is C19H22F2N4O4S. The van der Waals surface area contributed by atoms with Crippen LogP contribution in [0.15, 0.2) is 6.07 Å². The number of anilines is 1. The molecule has 1 saturated carbocycles. The molecule has 0 aromatic carbocycles. The Morgan fingerprint density at radius 1 is 1.40 bits per heavy atom. The Morgan fingerprint density at radius 2 is 2.10 bits per heavy atom.